The number of carbonyl (C=O) groups is 3. The zero-order valence-electron chi connectivity index (χ0n) is 17.8. The van der Waals surface area contributed by atoms with Crippen LogP contribution in [0.2, 0.25) is 0 Å². The molecule has 3 heterocycles. The van der Waals surface area contributed by atoms with E-state index in [-0.39, 0.29) is 6.61 Å². The van der Waals surface area contributed by atoms with Crippen molar-refractivity contribution in [1.29, 1.82) is 0 Å². The van der Waals surface area contributed by atoms with Crippen molar-refractivity contribution in [2.24, 2.45) is 10.7 Å². The van der Waals surface area contributed by atoms with Crippen LogP contribution in [-0.2, 0) is 33.3 Å². The lowest BCUT2D eigenvalue weighted by molar-refractivity contribution is -0.158. The Labute approximate surface area is 186 Å². The fraction of sp³-hybridized carbons (Fsp3) is 0.611. The smallest absolute Gasteiger partial charge is 0.463 e. The topological polar surface area (TPSA) is 170 Å². The van der Waals surface area contributed by atoms with Crippen LogP contribution in [0, 0.1) is 0 Å². The maximum atomic E-state index is 12.8. The van der Waals surface area contributed by atoms with Gasteiger partial charge in [0.1, 0.15) is 18.5 Å². The van der Waals surface area contributed by atoms with Crippen molar-refractivity contribution >= 4 is 41.5 Å². The van der Waals surface area contributed by atoms with Gasteiger partial charge in [0.25, 0.3) is 0 Å². The van der Waals surface area contributed by atoms with Crippen molar-refractivity contribution in [2.45, 2.75) is 64.6 Å². The van der Waals surface area contributed by atoms with Crippen LogP contribution in [0.25, 0.3) is 0 Å². The number of nitrogens with two attached hydrogens (primary N) is 1. The predicted octanol–water partition coefficient (Wildman–Crippen LogP) is 0.319. The number of carbonyl (C=O) groups excluding carboxylic acids is 3. The molecule has 1 aromatic rings. The molecule has 0 aliphatic carbocycles. The Morgan fingerprint density at radius 1 is 1.25 bits per heavy atom. The summed E-state index contributed by atoms with van der Waals surface area (Å²) in [6.07, 6.45) is -5.65. The van der Waals surface area contributed by atoms with E-state index in [1.165, 1.54) is 17.7 Å². The number of aliphatic imine (C=N–C) groups is 1. The number of rotatable bonds is 6. The van der Waals surface area contributed by atoms with Gasteiger partial charge >= 0.3 is 23.0 Å². The van der Waals surface area contributed by atoms with Crippen LogP contribution in [0.15, 0.2) is 9.79 Å². The number of esters is 2. The van der Waals surface area contributed by atoms with Gasteiger partial charge in [-0.25, -0.2) is 4.79 Å². The number of hydrogen-bond acceptors (Lipinski definition) is 13. The quantitative estimate of drug-likeness (QED) is 0.432. The standard InChI is InChI=1S/C18H24N4O9S/c1-7(2)28-18(26)31-13-12(29-9(4)24)10(6-27-8(3)23)30-15(13)22-14-11(32-17(22)25)5-20-16(19)21-14/h5,7,10,12-13,15-16,21H,6,19H2,1-4H3/t10-,12+,13-,15-,16?/m1/s1. The van der Waals surface area contributed by atoms with Crippen molar-refractivity contribution in [2.75, 3.05) is 11.9 Å². The Kier molecular flexibility index (Phi) is 7.16. The van der Waals surface area contributed by atoms with Gasteiger partial charge in [0.15, 0.2) is 24.7 Å². The van der Waals surface area contributed by atoms with Crippen LogP contribution < -0.4 is 15.9 Å². The lowest BCUT2D eigenvalue weighted by Gasteiger charge is -2.25. The molecule has 1 unspecified atom stereocenters. The van der Waals surface area contributed by atoms with E-state index in [2.05, 4.69) is 10.3 Å². The molecule has 0 amide bonds. The van der Waals surface area contributed by atoms with Gasteiger partial charge in [0.05, 0.1) is 11.0 Å². The highest BCUT2D eigenvalue weighted by molar-refractivity contribution is 7.11. The van der Waals surface area contributed by atoms with E-state index in [4.69, 9.17) is 29.4 Å². The second-order valence-corrected chi connectivity index (χ2v) is 8.25. The Morgan fingerprint density at radius 3 is 2.59 bits per heavy atom. The van der Waals surface area contributed by atoms with Crippen molar-refractivity contribution in [3.63, 3.8) is 0 Å². The molecular formula is C18H24N4O9S. The zero-order valence-corrected chi connectivity index (χ0v) is 18.6. The van der Waals surface area contributed by atoms with E-state index < -0.39 is 59.9 Å². The van der Waals surface area contributed by atoms with E-state index in [1.54, 1.807) is 13.8 Å². The van der Waals surface area contributed by atoms with E-state index in [0.717, 1.165) is 18.3 Å². The first-order chi connectivity index (χ1) is 15.1. The van der Waals surface area contributed by atoms with Crippen molar-refractivity contribution in [3.05, 3.63) is 14.5 Å². The molecule has 0 bridgehead atoms. The molecular weight excluding hydrogens is 448 g/mol. The molecule has 5 atom stereocenters. The van der Waals surface area contributed by atoms with Gasteiger partial charge in [-0.15, -0.1) is 0 Å². The minimum absolute atomic E-state index is 0.299. The molecule has 13 nitrogen and oxygen atoms in total. The lowest BCUT2D eigenvalue weighted by Crippen LogP contribution is -2.42. The number of anilines is 1. The maximum absolute atomic E-state index is 12.8. The summed E-state index contributed by atoms with van der Waals surface area (Å²) in [6, 6.07) is 0. The first kappa shape index (κ1) is 23.7. The van der Waals surface area contributed by atoms with E-state index >= 15 is 0 Å². The summed E-state index contributed by atoms with van der Waals surface area (Å²) in [5.41, 5.74) is 5.81. The summed E-state index contributed by atoms with van der Waals surface area (Å²) < 4.78 is 27.9. The largest absolute Gasteiger partial charge is 0.509 e. The molecule has 2 aliphatic heterocycles. The third-order valence-electron chi connectivity index (χ3n) is 4.36. The van der Waals surface area contributed by atoms with Crippen LogP contribution in [0.3, 0.4) is 0 Å². The second-order valence-electron chi connectivity index (χ2n) is 7.26. The summed E-state index contributed by atoms with van der Waals surface area (Å²) in [5, 5.41) is 2.86. The van der Waals surface area contributed by atoms with Gasteiger partial charge in [-0.2, -0.15) is 0 Å². The number of nitrogens with one attached hydrogen (secondary N) is 1. The molecule has 176 valence electrons. The van der Waals surface area contributed by atoms with E-state index in [1.807, 2.05) is 0 Å². The van der Waals surface area contributed by atoms with Crippen LogP contribution >= 0.6 is 11.3 Å². The molecule has 1 saturated heterocycles. The first-order valence-electron chi connectivity index (χ1n) is 9.70. The van der Waals surface area contributed by atoms with Crippen molar-refractivity contribution in [1.82, 2.24) is 4.57 Å². The maximum Gasteiger partial charge on any atom is 0.509 e. The number of ether oxygens (including phenoxy) is 5. The zero-order chi connectivity index (χ0) is 23.6. The molecule has 0 spiro atoms. The lowest BCUT2D eigenvalue weighted by atomic mass is 10.1. The second kappa shape index (κ2) is 9.67. The van der Waals surface area contributed by atoms with Gasteiger partial charge in [-0.3, -0.25) is 29.7 Å². The molecule has 0 aromatic carbocycles. The normalized spacial score (nSPS) is 26.2. The van der Waals surface area contributed by atoms with E-state index in [9.17, 15) is 19.2 Å². The Hall–Kier alpha value is -2.97. The summed E-state index contributed by atoms with van der Waals surface area (Å²) in [4.78, 5) is 52.2. The SMILES string of the molecule is CC(=O)OC[C@H]1O[C@@H](n2c3c(sc2=O)C=NC(N)N3)[C@H](OC(=O)OC(C)C)[C@H]1OC(C)=O. The first-order valence-corrected chi connectivity index (χ1v) is 10.5. The van der Waals surface area contributed by atoms with Crippen LogP contribution in [0.5, 0.6) is 0 Å². The molecule has 3 rings (SSSR count). The van der Waals surface area contributed by atoms with Gasteiger partial charge in [-0.1, -0.05) is 11.3 Å². The highest BCUT2D eigenvalue weighted by atomic mass is 32.1. The van der Waals surface area contributed by atoms with Gasteiger partial charge in [-0.05, 0) is 13.8 Å². The molecule has 1 fully saturated rings. The molecule has 0 saturated carbocycles. The summed E-state index contributed by atoms with van der Waals surface area (Å²) in [6.45, 7) is 5.31. The Balaban J connectivity index is 2.01. The minimum atomic E-state index is -1.29. The molecule has 1 aromatic heterocycles. The molecule has 3 N–H and O–H groups in total. The van der Waals surface area contributed by atoms with Gasteiger partial charge in [0.2, 0.25) is 0 Å². The molecule has 32 heavy (non-hydrogen) atoms. The molecule has 2 aliphatic rings. The average Bonchev–Trinajstić information content (AvgIpc) is 3.15. The van der Waals surface area contributed by atoms with E-state index in [0.29, 0.717) is 10.7 Å². The summed E-state index contributed by atoms with van der Waals surface area (Å²) in [7, 11) is 0. The average molecular weight is 472 g/mol. The number of fused-ring (bicyclic) bond motifs is 1. The number of hydrogen-bond donors (Lipinski definition) is 2. The number of thiazole rings is 1. The third-order valence-corrected chi connectivity index (χ3v) is 5.25. The molecule has 0 radical (unpaired) electrons. The highest BCUT2D eigenvalue weighted by Gasteiger charge is 2.52. The van der Waals surface area contributed by atoms with Crippen LogP contribution in [0.4, 0.5) is 10.6 Å². The van der Waals surface area contributed by atoms with Crippen molar-refractivity contribution < 1.29 is 38.1 Å². The number of aromatic nitrogens is 1. The molecule has 14 heteroatoms. The monoisotopic (exact) mass is 472 g/mol. The summed E-state index contributed by atoms with van der Waals surface area (Å²) >= 11 is 0.867. The van der Waals surface area contributed by atoms with Gasteiger partial charge < -0.3 is 29.0 Å². The van der Waals surface area contributed by atoms with Crippen molar-refractivity contribution in [3.8, 4) is 0 Å². The summed E-state index contributed by atoms with van der Waals surface area (Å²) in [5.74, 6) is -0.984. The fourth-order valence-corrected chi connectivity index (χ4v) is 4.08. The fourth-order valence-electron chi connectivity index (χ4n) is 3.23. The predicted molar refractivity (Wildman–Crippen MR) is 110 cm³/mol. The number of nitrogens with zero attached hydrogens (tertiary/aromatic N) is 2. The Morgan fingerprint density at radius 2 is 1.97 bits per heavy atom. The Bertz CT molecular complexity index is 972. The third kappa shape index (κ3) is 5.26. The van der Waals surface area contributed by atoms with Crippen LogP contribution in [0.1, 0.15) is 38.8 Å². The minimum Gasteiger partial charge on any atom is -0.463 e. The van der Waals surface area contributed by atoms with Crippen LogP contribution in [-0.4, -0.2) is 66.2 Å². The highest BCUT2D eigenvalue weighted by Crippen LogP contribution is 2.37. The van der Waals surface area contributed by atoms with Gasteiger partial charge in [0, 0.05) is 20.1 Å².